The molecule has 2 aromatic rings. The van der Waals surface area contributed by atoms with E-state index in [0.29, 0.717) is 11.9 Å². The van der Waals surface area contributed by atoms with Gasteiger partial charge in [0.2, 0.25) is 0 Å². The van der Waals surface area contributed by atoms with Crippen LogP contribution >= 0.6 is 0 Å². The SMILES string of the molecule is Cc1cc(F)cc(-c2nc(C)c(CNC(C)C)c(C)n2)c1. The lowest BCUT2D eigenvalue weighted by molar-refractivity contribution is 0.583. The number of nitrogens with zero attached hydrogens (tertiary/aromatic N) is 2. The molecule has 0 atom stereocenters. The normalized spacial score (nSPS) is 11.2. The Morgan fingerprint density at radius 1 is 1.05 bits per heavy atom. The van der Waals surface area contributed by atoms with Crippen LogP contribution in [0.2, 0.25) is 0 Å². The van der Waals surface area contributed by atoms with Crippen molar-refractivity contribution in [3.63, 3.8) is 0 Å². The molecule has 0 radical (unpaired) electrons. The third kappa shape index (κ3) is 3.85. The van der Waals surface area contributed by atoms with Crippen LogP contribution in [-0.4, -0.2) is 16.0 Å². The third-order valence-corrected chi connectivity index (χ3v) is 3.41. The van der Waals surface area contributed by atoms with Gasteiger partial charge in [0.1, 0.15) is 5.82 Å². The van der Waals surface area contributed by atoms with E-state index in [1.165, 1.54) is 12.1 Å². The Kier molecular flexibility index (Phi) is 4.68. The number of aromatic nitrogens is 2. The van der Waals surface area contributed by atoms with E-state index in [-0.39, 0.29) is 5.82 Å². The molecule has 0 saturated carbocycles. The number of halogens is 1. The minimum absolute atomic E-state index is 0.255. The van der Waals surface area contributed by atoms with Gasteiger partial charge in [-0.15, -0.1) is 0 Å². The summed E-state index contributed by atoms with van der Waals surface area (Å²) < 4.78 is 13.5. The summed E-state index contributed by atoms with van der Waals surface area (Å²) in [4.78, 5) is 9.09. The van der Waals surface area contributed by atoms with Crippen molar-refractivity contribution in [2.45, 2.75) is 47.2 Å². The lowest BCUT2D eigenvalue weighted by Crippen LogP contribution is -2.23. The Balaban J connectivity index is 2.39. The molecular weight excluding hydrogens is 265 g/mol. The Morgan fingerprint density at radius 3 is 2.19 bits per heavy atom. The van der Waals surface area contributed by atoms with E-state index in [0.717, 1.165) is 34.6 Å². The summed E-state index contributed by atoms with van der Waals surface area (Å²) in [5.74, 6) is 0.329. The Labute approximate surface area is 125 Å². The minimum atomic E-state index is -0.255. The number of aryl methyl sites for hydroxylation is 3. The molecule has 4 heteroatoms. The highest BCUT2D eigenvalue weighted by Crippen LogP contribution is 2.21. The molecule has 3 nitrogen and oxygen atoms in total. The van der Waals surface area contributed by atoms with Crippen molar-refractivity contribution in [1.82, 2.24) is 15.3 Å². The molecule has 0 aliphatic rings. The summed E-state index contributed by atoms with van der Waals surface area (Å²) in [6, 6.07) is 5.30. The van der Waals surface area contributed by atoms with E-state index in [1.54, 1.807) is 0 Å². The summed E-state index contributed by atoms with van der Waals surface area (Å²) in [5, 5.41) is 3.38. The predicted octanol–water partition coefficient (Wildman–Crippen LogP) is 3.71. The second-order valence-electron chi connectivity index (χ2n) is 5.75. The highest BCUT2D eigenvalue weighted by atomic mass is 19.1. The highest BCUT2D eigenvalue weighted by molar-refractivity contribution is 5.57. The second kappa shape index (κ2) is 6.31. The van der Waals surface area contributed by atoms with Crippen LogP contribution in [-0.2, 0) is 6.54 Å². The molecule has 0 saturated heterocycles. The zero-order chi connectivity index (χ0) is 15.6. The van der Waals surface area contributed by atoms with Gasteiger partial charge in [-0.2, -0.15) is 0 Å². The summed E-state index contributed by atoms with van der Waals surface area (Å²) >= 11 is 0. The first-order valence-corrected chi connectivity index (χ1v) is 7.22. The Morgan fingerprint density at radius 2 is 1.67 bits per heavy atom. The average molecular weight is 287 g/mol. The smallest absolute Gasteiger partial charge is 0.159 e. The maximum atomic E-state index is 13.5. The second-order valence-corrected chi connectivity index (χ2v) is 5.75. The molecule has 1 aromatic heterocycles. The summed E-state index contributed by atoms with van der Waals surface area (Å²) in [6.45, 7) is 10.8. The summed E-state index contributed by atoms with van der Waals surface area (Å²) in [5.41, 5.74) is 4.58. The van der Waals surface area contributed by atoms with E-state index in [2.05, 4.69) is 29.1 Å². The van der Waals surface area contributed by atoms with Gasteiger partial charge in [-0.05, 0) is 44.5 Å². The monoisotopic (exact) mass is 287 g/mol. The fourth-order valence-corrected chi connectivity index (χ4v) is 2.30. The molecule has 1 aromatic carbocycles. The van der Waals surface area contributed by atoms with Crippen LogP contribution in [0, 0.1) is 26.6 Å². The van der Waals surface area contributed by atoms with Crippen molar-refractivity contribution in [2.24, 2.45) is 0 Å². The topological polar surface area (TPSA) is 37.8 Å². The molecule has 0 bridgehead atoms. The van der Waals surface area contributed by atoms with Crippen molar-refractivity contribution in [3.05, 3.63) is 46.5 Å². The van der Waals surface area contributed by atoms with Gasteiger partial charge in [0.25, 0.3) is 0 Å². The molecule has 0 aliphatic heterocycles. The van der Waals surface area contributed by atoms with Crippen molar-refractivity contribution in [1.29, 1.82) is 0 Å². The predicted molar refractivity (Wildman–Crippen MR) is 83.6 cm³/mol. The first-order chi connectivity index (χ1) is 9.86. The van der Waals surface area contributed by atoms with E-state index < -0.39 is 0 Å². The largest absolute Gasteiger partial charge is 0.310 e. The van der Waals surface area contributed by atoms with Crippen LogP contribution in [0.1, 0.15) is 36.4 Å². The molecule has 0 amide bonds. The van der Waals surface area contributed by atoms with Crippen LogP contribution in [0.4, 0.5) is 4.39 Å². The van der Waals surface area contributed by atoms with Gasteiger partial charge in [0.15, 0.2) is 5.82 Å². The molecule has 1 heterocycles. The van der Waals surface area contributed by atoms with Gasteiger partial charge in [-0.25, -0.2) is 14.4 Å². The molecule has 0 unspecified atom stereocenters. The van der Waals surface area contributed by atoms with E-state index in [9.17, 15) is 4.39 Å². The fraction of sp³-hybridized carbons (Fsp3) is 0.412. The van der Waals surface area contributed by atoms with Crippen LogP contribution in [0.25, 0.3) is 11.4 Å². The zero-order valence-electron chi connectivity index (χ0n) is 13.3. The first-order valence-electron chi connectivity index (χ1n) is 7.22. The summed E-state index contributed by atoms with van der Waals surface area (Å²) in [7, 11) is 0. The number of nitrogens with one attached hydrogen (secondary N) is 1. The molecule has 0 fully saturated rings. The maximum absolute atomic E-state index is 13.5. The first kappa shape index (κ1) is 15.6. The van der Waals surface area contributed by atoms with Gasteiger partial charge in [0, 0.05) is 35.1 Å². The molecular formula is C17H22FN3. The summed E-state index contributed by atoms with van der Waals surface area (Å²) in [6.07, 6.45) is 0. The van der Waals surface area contributed by atoms with Crippen molar-refractivity contribution >= 4 is 0 Å². The quantitative estimate of drug-likeness (QED) is 0.931. The minimum Gasteiger partial charge on any atom is -0.310 e. The van der Waals surface area contributed by atoms with Gasteiger partial charge in [0.05, 0.1) is 0 Å². The standard InChI is InChI=1S/C17H22FN3/c1-10(2)19-9-16-12(4)20-17(21-13(16)5)14-6-11(3)7-15(18)8-14/h6-8,10,19H,9H2,1-5H3. The molecule has 0 aliphatic carbocycles. The van der Waals surface area contributed by atoms with Gasteiger partial charge in [-0.1, -0.05) is 13.8 Å². The van der Waals surface area contributed by atoms with Crippen LogP contribution < -0.4 is 5.32 Å². The molecule has 2 rings (SSSR count). The number of rotatable bonds is 4. The number of benzene rings is 1. The Bertz CT molecular complexity index is 607. The van der Waals surface area contributed by atoms with E-state index in [1.807, 2.05) is 26.8 Å². The highest BCUT2D eigenvalue weighted by Gasteiger charge is 2.11. The maximum Gasteiger partial charge on any atom is 0.159 e. The van der Waals surface area contributed by atoms with Crippen LogP contribution in [0.3, 0.4) is 0 Å². The third-order valence-electron chi connectivity index (χ3n) is 3.41. The van der Waals surface area contributed by atoms with Gasteiger partial charge >= 0.3 is 0 Å². The molecule has 21 heavy (non-hydrogen) atoms. The van der Waals surface area contributed by atoms with E-state index >= 15 is 0 Å². The molecule has 112 valence electrons. The van der Waals surface area contributed by atoms with E-state index in [4.69, 9.17) is 0 Å². The Hall–Kier alpha value is -1.81. The van der Waals surface area contributed by atoms with Gasteiger partial charge in [-0.3, -0.25) is 0 Å². The van der Waals surface area contributed by atoms with Crippen LogP contribution in [0.15, 0.2) is 18.2 Å². The number of hydrogen-bond acceptors (Lipinski definition) is 3. The average Bonchev–Trinajstić information content (AvgIpc) is 2.36. The van der Waals surface area contributed by atoms with Crippen molar-refractivity contribution < 1.29 is 4.39 Å². The number of hydrogen-bond donors (Lipinski definition) is 1. The van der Waals surface area contributed by atoms with Crippen molar-refractivity contribution in [2.75, 3.05) is 0 Å². The molecule has 1 N–H and O–H groups in total. The lowest BCUT2D eigenvalue weighted by Gasteiger charge is -2.14. The van der Waals surface area contributed by atoms with Crippen molar-refractivity contribution in [3.8, 4) is 11.4 Å². The molecule has 0 spiro atoms. The fourth-order valence-electron chi connectivity index (χ4n) is 2.30. The lowest BCUT2D eigenvalue weighted by atomic mass is 10.1. The van der Waals surface area contributed by atoms with Gasteiger partial charge < -0.3 is 5.32 Å². The zero-order valence-corrected chi connectivity index (χ0v) is 13.3. The van der Waals surface area contributed by atoms with Crippen LogP contribution in [0.5, 0.6) is 0 Å².